The van der Waals surface area contributed by atoms with Gasteiger partial charge >= 0.3 is 0 Å². The van der Waals surface area contributed by atoms with Crippen LogP contribution in [0.25, 0.3) is 11.3 Å². The Balaban J connectivity index is 1.53. The molecule has 4 rings (SSSR count). The summed E-state index contributed by atoms with van der Waals surface area (Å²) in [6, 6.07) is 13.0. The molecular weight excluding hydrogens is 402 g/mol. The highest BCUT2D eigenvalue weighted by Gasteiger charge is 2.15. The van der Waals surface area contributed by atoms with E-state index < -0.39 is 0 Å². The van der Waals surface area contributed by atoms with Crippen LogP contribution < -0.4 is 14.8 Å². The van der Waals surface area contributed by atoms with Crippen molar-refractivity contribution in [2.75, 3.05) is 19.5 Å². The maximum absolute atomic E-state index is 12.9. The van der Waals surface area contributed by atoms with Crippen molar-refractivity contribution >= 4 is 22.4 Å². The monoisotopic (exact) mass is 421 g/mol. The third-order valence-corrected chi connectivity index (χ3v) is 5.22. The third-order valence-electron chi connectivity index (χ3n) is 4.46. The van der Waals surface area contributed by atoms with E-state index in [1.54, 1.807) is 31.3 Å². The third kappa shape index (κ3) is 4.15. The summed E-state index contributed by atoms with van der Waals surface area (Å²) in [5.41, 5.74) is 3.02. The van der Waals surface area contributed by atoms with Gasteiger partial charge in [0.25, 0.3) is 5.91 Å². The van der Waals surface area contributed by atoms with Crippen LogP contribution in [0.5, 0.6) is 11.5 Å². The summed E-state index contributed by atoms with van der Waals surface area (Å²) < 4.78 is 12.3. The number of thiazole rings is 1. The number of amides is 1. The normalized spacial score (nSPS) is 10.6. The first-order valence-corrected chi connectivity index (χ1v) is 9.95. The van der Waals surface area contributed by atoms with Crippen molar-refractivity contribution in [2.45, 2.75) is 6.54 Å². The summed E-state index contributed by atoms with van der Waals surface area (Å²) >= 11 is 1.36. The molecule has 1 N–H and O–H groups in total. The highest BCUT2D eigenvalue weighted by molar-refractivity contribution is 7.14. The van der Waals surface area contributed by atoms with E-state index in [1.165, 1.54) is 17.7 Å². The van der Waals surface area contributed by atoms with E-state index >= 15 is 0 Å². The van der Waals surface area contributed by atoms with E-state index in [4.69, 9.17) is 9.47 Å². The molecule has 0 spiro atoms. The predicted molar refractivity (Wildman–Crippen MR) is 114 cm³/mol. The summed E-state index contributed by atoms with van der Waals surface area (Å²) in [4.78, 5) is 21.4. The van der Waals surface area contributed by atoms with Crippen LogP contribution in [0.2, 0.25) is 0 Å². The molecule has 0 atom stereocenters. The van der Waals surface area contributed by atoms with Crippen molar-refractivity contribution in [3.63, 3.8) is 0 Å². The van der Waals surface area contributed by atoms with Crippen LogP contribution in [-0.4, -0.2) is 39.9 Å². The van der Waals surface area contributed by atoms with E-state index in [0.29, 0.717) is 28.7 Å². The lowest BCUT2D eigenvalue weighted by atomic mass is 10.1. The molecule has 2 aromatic carbocycles. The zero-order chi connectivity index (χ0) is 20.9. The molecule has 4 aromatic rings. The standard InChI is InChI=1S/C21H19N5O3S/c1-28-18-8-7-14(9-19(18)29-2)17-11-30-21(24-17)25-20(27)16-6-4-3-5-15(16)10-26-13-22-12-23-26/h3-9,11-13H,10H2,1-2H3,(H,24,25,27). The Kier molecular flexibility index (Phi) is 5.71. The van der Waals surface area contributed by atoms with Crippen LogP contribution >= 0.6 is 11.3 Å². The average Bonchev–Trinajstić information content (AvgIpc) is 3.46. The molecule has 0 saturated carbocycles. The largest absolute Gasteiger partial charge is 0.493 e. The van der Waals surface area contributed by atoms with Crippen LogP contribution in [-0.2, 0) is 6.54 Å². The number of benzene rings is 2. The second kappa shape index (κ2) is 8.75. The molecule has 2 heterocycles. The van der Waals surface area contributed by atoms with Crippen LogP contribution in [0.4, 0.5) is 5.13 Å². The smallest absolute Gasteiger partial charge is 0.257 e. The molecule has 9 heteroatoms. The van der Waals surface area contributed by atoms with E-state index in [0.717, 1.165) is 16.8 Å². The molecule has 8 nitrogen and oxygen atoms in total. The van der Waals surface area contributed by atoms with Gasteiger partial charge in [-0.25, -0.2) is 14.6 Å². The van der Waals surface area contributed by atoms with Crippen LogP contribution in [0.15, 0.2) is 60.5 Å². The van der Waals surface area contributed by atoms with Crippen molar-refractivity contribution in [1.82, 2.24) is 19.7 Å². The van der Waals surface area contributed by atoms with Crippen molar-refractivity contribution < 1.29 is 14.3 Å². The predicted octanol–water partition coefficient (Wildman–Crippen LogP) is 3.72. The molecule has 0 bridgehead atoms. The lowest BCUT2D eigenvalue weighted by Gasteiger charge is -2.09. The summed E-state index contributed by atoms with van der Waals surface area (Å²) in [6.07, 6.45) is 3.08. The van der Waals surface area contributed by atoms with E-state index in [9.17, 15) is 4.79 Å². The molecule has 152 valence electrons. The summed E-state index contributed by atoms with van der Waals surface area (Å²) in [5, 5.41) is 9.39. The zero-order valence-electron chi connectivity index (χ0n) is 16.4. The number of hydrogen-bond donors (Lipinski definition) is 1. The lowest BCUT2D eigenvalue weighted by molar-refractivity contribution is 0.102. The molecule has 0 aliphatic rings. The Morgan fingerprint density at radius 1 is 1.13 bits per heavy atom. The molecular formula is C21H19N5O3S. The first kappa shape index (κ1) is 19.6. The topological polar surface area (TPSA) is 91.2 Å². The quantitative estimate of drug-likeness (QED) is 0.489. The number of aromatic nitrogens is 4. The van der Waals surface area contributed by atoms with Gasteiger partial charge in [-0.05, 0) is 29.8 Å². The molecule has 0 unspecified atom stereocenters. The fourth-order valence-electron chi connectivity index (χ4n) is 2.99. The van der Waals surface area contributed by atoms with E-state index in [-0.39, 0.29) is 5.91 Å². The van der Waals surface area contributed by atoms with Gasteiger partial charge in [0.15, 0.2) is 16.6 Å². The van der Waals surface area contributed by atoms with Crippen LogP contribution in [0.1, 0.15) is 15.9 Å². The van der Waals surface area contributed by atoms with Crippen molar-refractivity contribution in [3.8, 4) is 22.8 Å². The minimum atomic E-state index is -0.223. The maximum Gasteiger partial charge on any atom is 0.257 e. The molecule has 2 aromatic heterocycles. The molecule has 1 amide bonds. The minimum absolute atomic E-state index is 0.223. The molecule has 0 aliphatic heterocycles. The number of ether oxygens (including phenoxy) is 2. The fourth-order valence-corrected chi connectivity index (χ4v) is 3.71. The Hall–Kier alpha value is -3.72. The first-order valence-electron chi connectivity index (χ1n) is 9.07. The van der Waals surface area contributed by atoms with Gasteiger partial charge in [-0.15, -0.1) is 11.3 Å². The lowest BCUT2D eigenvalue weighted by Crippen LogP contribution is -2.15. The van der Waals surface area contributed by atoms with Crippen molar-refractivity contribution in [2.24, 2.45) is 0 Å². The second-order valence-corrected chi connectivity index (χ2v) is 7.17. The molecule has 30 heavy (non-hydrogen) atoms. The molecule has 0 aliphatic carbocycles. The van der Waals surface area contributed by atoms with Gasteiger partial charge in [-0.3, -0.25) is 10.1 Å². The van der Waals surface area contributed by atoms with E-state index in [1.807, 2.05) is 41.8 Å². The summed E-state index contributed by atoms with van der Waals surface area (Å²) in [6.45, 7) is 0.457. The average molecular weight is 421 g/mol. The molecule has 0 fully saturated rings. The first-order chi connectivity index (χ1) is 14.7. The number of nitrogens with one attached hydrogen (secondary N) is 1. The number of carbonyl (C=O) groups excluding carboxylic acids is 1. The number of carbonyl (C=O) groups is 1. The van der Waals surface area contributed by atoms with Gasteiger partial charge < -0.3 is 9.47 Å². The van der Waals surface area contributed by atoms with Gasteiger partial charge in [0.2, 0.25) is 0 Å². The summed E-state index contributed by atoms with van der Waals surface area (Å²) in [7, 11) is 3.18. The SMILES string of the molecule is COc1ccc(-c2csc(NC(=O)c3ccccc3Cn3cncn3)n2)cc1OC. The number of anilines is 1. The van der Waals surface area contributed by atoms with Gasteiger partial charge in [0.05, 0.1) is 26.5 Å². The Morgan fingerprint density at radius 2 is 1.97 bits per heavy atom. The summed E-state index contributed by atoms with van der Waals surface area (Å²) in [5.74, 6) is 1.04. The number of rotatable bonds is 7. The van der Waals surface area contributed by atoms with Crippen molar-refractivity contribution in [3.05, 3.63) is 71.6 Å². The molecule has 0 radical (unpaired) electrons. The zero-order valence-corrected chi connectivity index (χ0v) is 17.2. The molecule has 0 saturated heterocycles. The van der Waals surface area contributed by atoms with Gasteiger partial charge in [0, 0.05) is 16.5 Å². The fraction of sp³-hybridized carbons (Fsp3) is 0.143. The van der Waals surface area contributed by atoms with Gasteiger partial charge in [-0.2, -0.15) is 5.10 Å². The highest BCUT2D eigenvalue weighted by atomic mass is 32.1. The Labute approximate surface area is 177 Å². The number of methoxy groups -OCH3 is 2. The minimum Gasteiger partial charge on any atom is -0.493 e. The van der Waals surface area contributed by atoms with Crippen molar-refractivity contribution in [1.29, 1.82) is 0 Å². The highest BCUT2D eigenvalue weighted by Crippen LogP contribution is 2.33. The van der Waals surface area contributed by atoms with Gasteiger partial charge in [-0.1, -0.05) is 18.2 Å². The Bertz CT molecular complexity index is 1160. The number of hydrogen-bond acceptors (Lipinski definition) is 7. The maximum atomic E-state index is 12.9. The van der Waals surface area contributed by atoms with Crippen LogP contribution in [0, 0.1) is 0 Å². The second-order valence-electron chi connectivity index (χ2n) is 6.31. The van der Waals surface area contributed by atoms with E-state index in [2.05, 4.69) is 20.4 Å². The Morgan fingerprint density at radius 3 is 2.73 bits per heavy atom. The number of nitrogens with zero attached hydrogens (tertiary/aromatic N) is 4. The van der Waals surface area contributed by atoms with Crippen LogP contribution in [0.3, 0.4) is 0 Å². The van der Waals surface area contributed by atoms with Gasteiger partial charge in [0.1, 0.15) is 12.7 Å².